The highest BCUT2D eigenvalue weighted by molar-refractivity contribution is 6.74. The van der Waals surface area contributed by atoms with E-state index in [9.17, 15) is 0 Å². The van der Waals surface area contributed by atoms with E-state index in [0.29, 0.717) is 17.6 Å². The van der Waals surface area contributed by atoms with Crippen LogP contribution in [0.2, 0.25) is 23.3 Å². The number of nitrogens with zero attached hydrogens (tertiary/aromatic N) is 5. The van der Waals surface area contributed by atoms with Crippen molar-refractivity contribution in [3.63, 3.8) is 0 Å². The average molecular weight is 446 g/mol. The molecule has 0 atom stereocenters. The standard InChI is InChI=1S/C21H28ClN5O2Si/c1-15-18(14-28-20-12-11-19(22)24-25-20)27(26-23-15)17-9-7-16(8-10-17)13-29-30(5,6)21(2,3)4/h7-12H,13-14H2,1-6H3. The van der Waals surface area contributed by atoms with Gasteiger partial charge in [0.25, 0.3) is 0 Å². The highest BCUT2D eigenvalue weighted by Gasteiger charge is 2.37. The third kappa shape index (κ3) is 5.24. The van der Waals surface area contributed by atoms with Crippen LogP contribution in [0, 0.1) is 6.92 Å². The fourth-order valence-electron chi connectivity index (χ4n) is 2.49. The second kappa shape index (κ2) is 8.83. The molecule has 0 N–H and O–H groups in total. The summed E-state index contributed by atoms with van der Waals surface area (Å²) in [6, 6.07) is 11.5. The van der Waals surface area contributed by atoms with Gasteiger partial charge in [-0.1, -0.05) is 49.7 Å². The Morgan fingerprint density at radius 1 is 0.967 bits per heavy atom. The largest absolute Gasteiger partial charge is 0.470 e. The summed E-state index contributed by atoms with van der Waals surface area (Å²) in [7, 11) is -1.78. The number of rotatable bonds is 7. The molecule has 3 aromatic rings. The number of halogens is 1. The number of aromatic nitrogens is 5. The molecule has 9 heteroatoms. The van der Waals surface area contributed by atoms with Crippen LogP contribution in [-0.2, 0) is 17.6 Å². The molecule has 3 rings (SSSR count). The Bertz CT molecular complexity index is 982. The van der Waals surface area contributed by atoms with Gasteiger partial charge in [0.05, 0.1) is 18.0 Å². The number of hydrogen-bond acceptors (Lipinski definition) is 6. The van der Waals surface area contributed by atoms with Crippen molar-refractivity contribution in [1.82, 2.24) is 25.2 Å². The van der Waals surface area contributed by atoms with Crippen LogP contribution in [0.5, 0.6) is 5.88 Å². The SMILES string of the molecule is Cc1nnn(-c2ccc(CO[Si](C)(C)C(C)(C)C)cc2)c1COc1ccc(Cl)nn1. The first-order chi connectivity index (χ1) is 14.1. The first-order valence-electron chi connectivity index (χ1n) is 9.83. The van der Waals surface area contributed by atoms with Crippen molar-refractivity contribution in [2.24, 2.45) is 0 Å². The minimum atomic E-state index is -1.78. The average Bonchev–Trinajstić information content (AvgIpc) is 3.06. The highest BCUT2D eigenvalue weighted by atomic mass is 35.5. The smallest absolute Gasteiger partial charge is 0.233 e. The lowest BCUT2D eigenvalue weighted by Crippen LogP contribution is -2.40. The van der Waals surface area contributed by atoms with Gasteiger partial charge in [-0.15, -0.1) is 15.3 Å². The molecular weight excluding hydrogens is 418 g/mol. The maximum atomic E-state index is 6.31. The van der Waals surface area contributed by atoms with Crippen LogP contribution in [-0.4, -0.2) is 33.5 Å². The molecule has 0 bridgehead atoms. The van der Waals surface area contributed by atoms with Crippen molar-refractivity contribution in [3.05, 3.63) is 58.5 Å². The minimum Gasteiger partial charge on any atom is -0.470 e. The first-order valence-corrected chi connectivity index (χ1v) is 13.1. The van der Waals surface area contributed by atoms with Crippen molar-refractivity contribution in [1.29, 1.82) is 0 Å². The molecule has 0 fully saturated rings. The summed E-state index contributed by atoms with van der Waals surface area (Å²) in [6.45, 7) is 14.0. The van der Waals surface area contributed by atoms with E-state index in [-0.39, 0.29) is 11.6 Å². The summed E-state index contributed by atoms with van der Waals surface area (Å²) in [5.74, 6) is 0.393. The van der Waals surface area contributed by atoms with Crippen LogP contribution in [0.1, 0.15) is 37.7 Å². The topological polar surface area (TPSA) is 75.0 Å². The summed E-state index contributed by atoms with van der Waals surface area (Å²) < 4.78 is 13.8. The van der Waals surface area contributed by atoms with Crippen LogP contribution in [0.3, 0.4) is 0 Å². The third-order valence-electron chi connectivity index (χ3n) is 5.51. The Balaban J connectivity index is 1.70. The molecule has 30 heavy (non-hydrogen) atoms. The molecule has 0 unspecified atom stereocenters. The molecular formula is C21H28ClN5O2Si. The Kier molecular flexibility index (Phi) is 6.59. The molecule has 0 aliphatic heterocycles. The van der Waals surface area contributed by atoms with E-state index in [1.807, 2.05) is 19.1 Å². The van der Waals surface area contributed by atoms with Gasteiger partial charge in [-0.2, -0.15) is 0 Å². The molecule has 0 radical (unpaired) electrons. The maximum absolute atomic E-state index is 6.31. The molecule has 0 amide bonds. The summed E-state index contributed by atoms with van der Waals surface area (Å²) in [5, 5.41) is 16.7. The van der Waals surface area contributed by atoms with Crippen LogP contribution >= 0.6 is 11.6 Å². The second-order valence-electron chi connectivity index (χ2n) is 8.73. The quantitative estimate of drug-likeness (QED) is 0.470. The molecule has 1 aromatic carbocycles. The predicted octanol–water partition coefficient (Wildman–Crippen LogP) is 5.12. The monoisotopic (exact) mass is 445 g/mol. The predicted molar refractivity (Wildman–Crippen MR) is 119 cm³/mol. The molecule has 2 heterocycles. The van der Waals surface area contributed by atoms with Gasteiger partial charge in [-0.25, -0.2) is 4.68 Å². The molecule has 0 saturated heterocycles. The van der Waals surface area contributed by atoms with Gasteiger partial charge < -0.3 is 9.16 Å². The van der Waals surface area contributed by atoms with Gasteiger partial charge >= 0.3 is 0 Å². The van der Waals surface area contributed by atoms with Gasteiger partial charge in [0.15, 0.2) is 13.5 Å². The van der Waals surface area contributed by atoms with Gasteiger partial charge in [0, 0.05) is 6.07 Å². The molecule has 0 aliphatic rings. The summed E-state index contributed by atoms with van der Waals surface area (Å²) in [4.78, 5) is 0. The zero-order chi connectivity index (χ0) is 21.9. The summed E-state index contributed by atoms with van der Waals surface area (Å²) in [6.07, 6.45) is 0. The molecule has 7 nitrogen and oxygen atoms in total. The van der Waals surface area contributed by atoms with Gasteiger partial charge in [-0.05, 0) is 48.8 Å². The Morgan fingerprint density at radius 3 is 2.27 bits per heavy atom. The van der Waals surface area contributed by atoms with E-state index in [2.05, 4.69) is 66.5 Å². The van der Waals surface area contributed by atoms with E-state index < -0.39 is 8.32 Å². The number of hydrogen-bond donors (Lipinski definition) is 0. The second-order valence-corrected chi connectivity index (χ2v) is 13.9. The number of ether oxygens (including phenoxy) is 1. The van der Waals surface area contributed by atoms with Gasteiger partial charge in [-0.3, -0.25) is 0 Å². The van der Waals surface area contributed by atoms with Crippen LogP contribution in [0.4, 0.5) is 0 Å². The van der Waals surface area contributed by atoms with Crippen molar-refractivity contribution >= 4 is 19.9 Å². The highest BCUT2D eigenvalue weighted by Crippen LogP contribution is 2.37. The molecule has 2 aromatic heterocycles. The lowest BCUT2D eigenvalue weighted by Gasteiger charge is -2.36. The van der Waals surface area contributed by atoms with E-state index >= 15 is 0 Å². The van der Waals surface area contributed by atoms with Crippen LogP contribution in [0.25, 0.3) is 5.69 Å². The zero-order valence-corrected chi connectivity index (χ0v) is 20.1. The van der Waals surface area contributed by atoms with Gasteiger partial charge in [0.1, 0.15) is 12.3 Å². The van der Waals surface area contributed by atoms with Gasteiger partial charge in [0.2, 0.25) is 5.88 Å². The van der Waals surface area contributed by atoms with Crippen molar-refractivity contribution in [2.45, 2.75) is 59.0 Å². The van der Waals surface area contributed by atoms with E-state index in [4.69, 9.17) is 20.8 Å². The lowest BCUT2D eigenvalue weighted by atomic mass is 10.2. The zero-order valence-electron chi connectivity index (χ0n) is 18.3. The van der Waals surface area contributed by atoms with E-state index in [1.165, 1.54) is 0 Å². The third-order valence-corrected chi connectivity index (χ3v) is 10.2. The molecule has 160 valence electrons. The van der Waals surface area contributed by atoms with Crippen molar-refractivity contribution in [3.8, 4) is 11.6 Å². The van der Waals surface area contributed by atoms with Crippen LogP contribution in [0.15, 0.2) is 36.4 Å². The normalized spacial score (nSPS) is 12.2. The Hall–Kier alpha value is -2.29. The molecule has 0 saturated carbocycles. The van der Waals surface area contributed by atoms with Crippen molar-refractivity contribution in [2.75, 3.05) is 0 Å². The summed E-state index contributed by atoms with van der Waals surface area (Å²) in [5.41, 5.74) is 3.68. The molecule has 0 aliphatic carbocycles. The fourth-order valence-corrected chi connectivity index (χ4v) is 3.55. The Morgan fingerprint density at radius 2 is 1.67 bits per heavy atom. The fraction of sp³-hybridized carbons (Fsp3) is 0.429. The van der Waals surface area contributed by atoms with Crippen LogP contribution < -0.4 is 4.74 Å². The molecule has 0 spiro atoms. The Labute approximate surface area is 183 Å². The minimum absolute atomic E-state index is 0.189. The van der Waals surface area contributed by atoms with E-state index in [1.54, 1.807) is 16.8 Å². The van der Waals surface area contributed by atoms with Crippen molar-refractivity contribution < 1.29 is 9.16 Å². The maximum Gasteiger partial charge on any atom is 0.233 e. The number of aryl methyl sites for hydroxylation is 1. The van der Waals surface area contributed by atoms with E-state index in [0.717, 1.165) is 22.6 Å². The first kappa shape index (κ1) is 22.4. The summed E-state index contributed by atoms with van der Waals surface area (Å²) >= 11 is 5.76. The number of benzene rings is 1. The lowest BCUT2D eigenvalue weighted by molar-refractivity contribution is 0.276.